The minimum Gasteiger partial charge on any atom is -0.379 e. The highest BCUT2D eigenvalue weighted by Gasteiger charge is 2.14. The first kappa shape index (κ1) is 17.3. The average Bonchev–Trinajstić information content (AvgIpc) is 2.94. The molecule has 24 heavy (non-hydrogen) atoms. The van der Waals surface area contributed by atoms with Gasteiger partial charge in [-0.15, -0.1) is 0 Å². The van der Waals surface area contributed by atoms with Gasteiger partial charge in [-0.2, -0.15) is 11.8 Å². The van der Waals surface area contributed by atoms with E-state index in [-0.39, 0.29) is 5.91 Å². The van der Waals surface area contributed by atoms with E-state index in [1.807, 2.05) is 35.1 Å². The second-order valence-corrected chi connectivity index (χ2v) is 6.71. The van der Waals surface area contributed by atoms with Gasteiger partial charge in [0.05, 0.1) is 30.0 Å². The third-order valence-corrected chi connectivity index (χ3v) is 4.71. The van der Waals surface area contributed by atoms with Crippen LogP contribution >= 0.6 is 11.8 Å². The zero-order valence-corrected chi connectivity index (χ0v) is 14.8. The van der Waals surface area contributed by atoms with E-state index in [4.69, 9.17) is 4.74 Å². The van der Waals surface area contributed by atoms with Crippen molar-refractivity contribution in [2.24, 2.45) is 0 Å². The van der Waals surface area contributed by atoms with Gasteiger partial charge in [0.1, 0.15) is 12.4 Å². The van der Waals surface area contributed by atoms with Crippen molar-refractivity contribution in [2.45, 2.75) is 12.3 Å². The summed E-state index contributed by atoms with van der Waals surface area (Å²) in [6.07, 6.45) is 2.05. The van der Waals surface area contributed by atoms with Gasteiger partial charge >= 0.3 is 0 Å². The molecule has 2 aromatic rings. The van der Waals surface area contributed by atoms with Gasteiger partial charge < -0.3 is 14.6 Å². The molecule has 1 aromatic carbocycles. The molecule has 2 heterocycles. The molecule has 1 aliphatic rings. The Morgan fingerprint density at radius 3 is 2.92 bits per heavy atom. The van der Waals surface area contributed by atoms with Gasteiger partial charge in [0.25, 0.3) is 0 Å². The first-order valence-electron chi connectivity index (χ1n) is 8.28. The molecule has 7 heteroatoms. The SMILES string of the molecule is CSCc1nc2ccccc2n1CC(=O)NCCN1CCOCC1. The number of hydrogen-bond donors (Lipinski definition) is 1. The van der Waals surface area contributed by atoms with Crippen LogP contribution in [0.2, 0.25) is 0 Å². The number of nitrogens with one attached hydrogen (secondary N) is 1. The molecular formula is C17H24N4O2S. The normalized spacial score (nSPS) is 15.7. The molecule has 0 bridgehead atoms. The maximum atomic E-state index is 12.3. The summed E-state index contributed by atoms with van der Waals surface area (Å²) >= 11 is 1.71. The van der Waals surface area contributed by atoms with E-state index in [1.54, 1.807) is 11.8 Å². The number of aromatic nitrogens is 2. The van der Waals surface area contributed by atoms with Crippen LogP contribution < -0.4 is 5.32 Å². The van der Waals surface area contributed by atoms with Gasteiger partial charge in [-0.05, 0) is 18.4 Å². The highest BCUT2D eigenvalue weighted by atomic mass is 32.2. The van der Waals surface area contributed by atoms with E-state index in [0.717, 1.165) is 55.5 Å². The van der Waals surface area contributed by atoms with Gasteiger partial charge in [0, 0.05) is 26.2 Å². The maximum absolute atomic E-state index is 12.3. The van der Waals surface area contributed by atoms with Crippen molar-refractivity contribution in [3.63, 3.8) is 0 Å². The minimum absolute atomic E-state index is 0.0359. The summed E-state index contributed by atoms with van der Waals surface area (Å²) in [7, 11) is 0. The number of benzene rings is 1. The summed E-state index contributed by atoms with van der Waals surface area (Å²) in [5.41, 5.74) is 1.97. The highest BCUT2D eigenvalue weighted by molar-refractivity contribution is 7.97. The predicted molar refractivity (Wildman–Crippen MR) is 97.2 cm³/mol. The van der Waals surface area contributed by atoms with Crippen molar-refractivity contribution in [2.75, 3.05) is 45.6 Å². The third kappa shape index (κ3) is 4.28. The first-order valence-corrected chi connectivity index (χ1v) is 9.67. The van der Waals surface area contributed by atoms with Crippen LogP contribution in [0.5, 0.6) is 0 Å². The zero-order chi connectivity index (χ0) is 16.8. The van der Waals surface area contributed by atoms with Crippen LogP contribution in [-0.2, 0) is 21.8 Å². The second-order valence-electron chi connectivity index (χ2n) is 5.84. The fraction of sp³-hybridized carbons (Fsp3) is 0.529. The Labute approximate surface area is 146 Å². The van der Waals surface area contributed by atoms with E-state index >= 15 is 0 Å². The fourth-order valence-corrected chi connectivity index (χ4v) is 3.40. The standard InChI is InChI=1S/C17H24N4O2S/c1-24-13-16-19-14-4-2-3-5-15(14)21(16)12-17(22)18-6-7-20-8-10-23-11-9-20/h2-5H,6-13H2,1H3,(H,18,22). The number of amides is 1. The predicted octanol–water partition coefficient (Wildman–Crippen LogP) is 1.35. The summed E-state index contributed by atoms with van der Waals surface area (Å²) < 4.78 is 7.36. The van der Waals surface area contributed by atoms with E-state index in [2.05, 4.69) is 15.2 Å². The monoisotopic (exact) mass is 348 g/mol. The molecule has 1 amide bonds. The third-order valence-electron chi connectivity index (χ3n) is 4.16. The van der Waals surface area contributed by atoms with Crippen molar-refractivity contribution in [3.05, 3.63) is 30.1 Å². The summed E-state index contributed by atoms with van der Waals surface area (Å²) in [6, 6.07) is 7.98. The van der Waals surface area contributed by atoms with Gasteiger partial charge in [-0.25, -0.2) is 4.98 Å². The molecule has 0 spiro atoms. The lowest BCUT2D eigenvalue weighted by molar-refractivity contribution is -0.121. The number of carbonyl (C=O) groups excluding carboxylic acids is 1. The summed E-state index contributed by atoms with van der Waals surface area (Å²) in [6.45, 7) is 5.32. The summed E-state index contributed by atoms with van der Waals surface area (Å²) in [4.78, 5) is 19.3. The molecule has 130 valence electrons. The molecule has 1 fully saturated rings. The van der Waals surface area contributed by atoms with Crippen LogP contribution in [0.3, 0.4) is 0 Å². The Balaban J connectivity index is 1.59. The number of para-hydroxylation sites is 2. The molecule has 1 saturated heterocycles. The fourth-order valence-electron chi connectivity index (χ4n) is 2.92. The number of rotatable bonds is 7. The minimum atomic E-state index is 0.0359. The van der Waals surface area contributed by atoms with Crippen molar-refractivity contribution in [1.29, 1.82) is 0 Å². The molecule has 0 saturated carbocycles. The Kier molecular flexibility index (Phi) is 6.12. The van der Waals surface area contributed by atoms with E-state index in [1.165, 1.54) is 0 Å². The van der Waals surface area contributed by atoms with Crippen LogP contribution in [-0.4, -0.2) is 66.0 Å². The molecular weight excluding hydrogens is 324 g/mol. The van der Waals surface area contributed by atoms with Gasteiger partial charge in [0.2, 0.25) is 5.91 Å². The van der Waals surface area contributed by atoms with Crippen LogP contribution in [0.25, 0.3) is 11.0 Å². The van der Waals surface area contributed by atoms with Crippen LogP contribution in [0, 0.1) is 0 Å². The second kappa shape index (κ2) is 8.50. The number of nitrogens with zero attached hydrogens (tertiary/aromatic N) is 3. The van der Waals surface area contributed by atoms with Crippen LogP contribution in [0.1, 0.15) is 5.82 Å². The topological polar surface area (TPSA) is 59.4 Å². The number of morpholine rings is 1. The molecule has 0 aliphatic carbocycles. The van der Waals surface area contributed by atoms with Crippen molar-refractivity contribution < 1.29 is 9.53 Å². The first-order chi connectivity index (χ1) is 11.8. The molecule has 1 aromatic heterocycles. The number of hydrogen-bond acceptors (Lipinski definition) is 5. The van der Waals surface area contributed by atoms with Gasteiger partial charge in [-0.3, -0.25) is 9.69 Å². The Morgan fingerprint density at radius 1 is 1.33 bits per heavy atom. The van der Waals surface area contributed by atoms with E-state index in [9.17, 15) is 4.79 Å². The van der Waals surface area contributed by atoms with Crippen molar-refractivity contribution in [3.8, 4) is 0 Å². The van der Waals surface area contributed by atoms with Gasteiger partial charge in [0.15, 0.2) is 0 Å². The number of carbonyl (C=O) groups is 1. The lowest BCUT2D eigenvalue weighted by Crippen LogP contribution is -2.41. The lowest BCUT2D eigenvalue weighted by atomic mass is 10.3. The van der Waals surface area contributed by atoms with Gasteiger partial charge in [-0.1, -0.05) is 12.1 Å². The smallest absolute Gasteiger partial charge is 0.240 e. The van der Waals surface area contributed by atoms with Crippen LogP contribution in [0.4, 0.5) is 0 Å². The molecule has 0 radical (unpaired) electrons. The summed E-state index contributed by atoms with van der Waals surface area (Å²) in [5.74, 6) is 1.79. The van der Waals surface area contributed by atoms with E-state index in [0.29, 0.717) is 13.1 Å². The Bertz CT molecular complexity index is 682. The van der Waals surface area contributed by atoms with E-state index < -0.39 is 0 Å². The molecule has 6 nitrogen and oxygen atoms in total. The van der Waals surface area contributed by atoms with Crippen LogP contribution in [0.15, 0.2) is 24.3 Å². The Morgan fingerprint density at radius 2 is 2.12 bits per heavy atom. The largest absolute Gasteiger partial charge is 0.379 e. The van der Waals surface area contributed by atoms with Crippen molar-refractivity contribution in [1.82, 2.24) is 19.8 Å². The molecule has 1 aliphatic heterocycles. The average molecular weight is 348 g/mol. The summed E-state index contributed by atoms with van der Waals surface area (Å²) in [5, 5.41) is 3.03. The number of ether oxygens (including phenoxy) is 1. The quantitative estimate of drug-likeness (QED) is 0.818. The number of fused-ring (bicyclic) bond motifs is 1. The molecule has 1 N–H and O–H groups in total. The molecule has 0 atom stereocenters. The number of thioether (sulfide) groups is 1. The molecule has 0 unspecified atom stereocenters. The van der Waals surface area contributed by atoms with Crippen molar-refractivity contribution >= 4 is 28.7 Å². The lowest BCUT2D eigenvalue weighted by Gasteiger charge is -2.26. The number of imidazole rings is 1. The zero-order valence-electron chi connectivity index (χ0n) is 14.0. The molecule has 3 rings (SSSR count). The Hall–Kier alpha value is -1.57. The highest BCUT2D eigenvalue weighted by Crippen LogP contribution is 2.18. The maximum Gasteiger partial charge on any atom is 0.240 e.